The van der Waals surface area contributed by atoms with Gasteiger partial charge >= 0.3 is 5.69 Å². The predicted molar refractivity (Wildman–Crippen MR) is 86.5 cm³/mol. The molecule has 1 heterocycles. The second-order valence-corrected chi connectivity index (χ2v) is 6.60. The van der Waals surface area contributed by atoms with Crippen molar-refractivity contribution in [2.45, 2.75) is 53.4 Å². The summed E-state index contributed by atoms with van der Waals surface area (Å²) in [6.07, 6.45) is 0.899. The van der Waals surface area contributed by atoms with Crippen LogP contribution in [0.25, 0.3) is 0 Å². The van der Waals surface area contributed by atoms with E-state index in [1.54, 1.807) is 6.92 Å². The van der Waals surface area contributed by atoms with Crippen LogP contribution in [0, 0.1) is 16.0 Å². The second kappa shape index (κ2) is 7.38. The molecule has 0 fully saturated rings. The Morgan fingerprint density at radius 1 is 1.32 bits per heavy atom. The first-order chi connectivity index (χ1) is 10.2. The number of nitrogens with zero attached hydrogens (tertiary/aromatic N) is 3. The van der Waals surface area contributed by atoms with E-state index in [1.807, 2.05) is 20.8 Å². The molecule has 0 atom stereocenters. The zero-order valence-electron chi connectivity index (χ0n) is 14.3. The van der Waals surface area contributed by atoms with E-state index in [9.17, 15) is 10.1 Å². The highest BCUT2D eigenvalue weighted by atomic mass is 16.6. The fraction of sp³-hybridized carbons (Fsp3) is 0.733. The maximum Gasteiger partial charge on any atom is 0.372 e. The molecule has 0 spiro atoms. The number of nitrogens with one attached hydrogen (secondary N) is 1. The van der Waals surface area contributed by atoms with E-state index in [0.29, 0.717) is 24.9 Å². The topological polar surface area (TPSA) is 90.2 Å². The van der Waals surface area contributed by atoms with E-state index in [2.05, 4.69) is 29.1 Å². The quantitative estimate of drug-likeness (QED) is 0.612. The van der Waals surface area contributed by atoms with Crippen molar-refractivity contribution >= 4 is 11.5 Å². The minimum absolute atomic E-state index is 0.0273. The molecule has 1 aromatic rings. The monoisotopic (exact) mass is 310 g/mol. The zero-order valence-corrected chi connectivity index (χ0v) is 14.3. The fourth-order valence-electron chi connectivity index (χ4n) is 1.77. The third-order valence-corrected chi connectivity index (χ3v) is 3.00. The molecule has 0 aliphatic carbocycles. The molecule has 0 aliphatic rings. The fourth-order valence-corrected chi connectivity index (χ4v) is 1.77. The van der Waals surface area contributed by atoms with E-state index >= 15 is 0 Å². The molecule has 1 aromatic heterocycles. The average Bonchev–Trinajstić information content (AvgIpc) is 2.36. The summed E-state index contributed by atoms with van der Waals surface area (Å²) >= 11 is 0. The van der Waals surface area contributed by atoms with E-state index in [4.69, 9.17) is 4.74 Å². The molecule has 1 N–H and O–H groups in total. The molecule has 0 unspecified atom stereocenters. The summed E-state index contributed by atoms with van der Waals surface area (Å²) in [5, 5.41) is 14.4. The largest absolute Gasteiger partial charge is 0.473 e. The van der Waals surface area contributed by atoms with Gasteiger partial charge in [0.1, 0.15) is 5.82 Å². The standard InChI is InChI=1S/C15H26N4O3/c1-7-22-13-11(19(20)21)12(16-9-8-10(2)3)17-14(18-13)15(4,5)6/h10H,7-9H2,1-6H3,(H,16,17,18). The van der Waals surface area contributed by atoms with Crippen molar-refractivity contribution in [1.29, 1.82) is 0 Å². The number of hydrogen-bond donors (Lipinski definition) is 1. The van der Waals surface area contributed by atoms with Crippen molar-refractivity contribution in [2.75, 3.05) is 18.5 Å². The molecule has 0 saturated heterocycles. The molecule has 124 valence electrons. The van der Waals surface area contributed by atoms with Gasteiger partial charge in [0, 0.05) is 12.0 Å². The van der Waals surface area contributed by atoms with Gasteiger partial charge in [0.2, 0.25) is 5.82 Å². The Labute approximate surface area is 131 Å². The summed E-state index contributed by atoms with van der Waals surface area (Å²) < 4.78 is 5.37. The van der Waals surface area contributed by atoms with Crippen LogP contribution in [-0.4, -0.2) is 28.0 Å². The van der Waals surface area contributed by atoms with Crippen molar-refractivity contribution in [3.05, 3.63) is 15.9 Å². The van der Waals surface area contributed by atoms with E-state index in [0.717, 1.165) is 6.42 Å². The summed E-state index contributed by atoms with van der Waals surface area (Å²) in [7, 11) is 0. The first-order valence-electron chi connectivity index (χ1n) is 7.60. The Morgan fingerprint density at radius 2 is 1.95 bits per heavy atom. The van der Waals surface area contributed by atoms with Crippen molar-refractivity contribution in [3.8, 4) is 5.88 Å². The minimum Gasteiger partial charge on any atom is -0.473 e. The molecule has 7 nitrogen and oxygen atoms in total. The van der Waals surface area contributed by atoms with E-state index in [-0.39, 0.29) is 22.8 Å². The molecular weight excluding hydrogens is 284 g/mol. The van der Waals surface area contributed by atoms with Gasteiger partial charge in [-0.1, -0.05) is 34.6 Å². The third kappa shape index (κ3) is 4.82. The molecule has 1 rings (SSSR count). The Kier molecular flexibility index (Phi) is 6.08. The lowest BCUT2D eigenvalue weighted by Crippen LogP contribution is -2.20. The molecule has 0 amide bonds. The van der Waals surface area contributed by atoms with Crippen LogP contribution in [0.2, 0.25) is 0 Å². The molecule has 0 saturated carbocycles. The van der Waals surface area contributed by atoms with Crippen LogP contribution in [0.15, 0.2) is 0 Å². The Hall–Kier alpha value is -1.92. The maximum atomic E-state index is 11.4. The summed E-state index contributed by atoms with van der Waals surface area (Å²) in [6, 6.07) is 0. The number of ether oxygens (including phenoxy) is 1. The molecule has 7 heteroatoms. The molecule has 22 heavy (non-hydrogen) atoms. The van der Waals surface area contributed by atoms with Crippen molar-refractivity contribution < 1.29 is 9.66 Å². The Morgan fingerprint density at radius 3 is 2.41 bits per heavy atom. The van der Waals surface area contributed by atoms with Crippen molar-refractivity contribution in [1.82, 2.24) is 9.97 Å². The van der Waals surface area contributed by atoms with Crippen LogP contribution in [0.3, 0.4) is 0 Å². The third-order valence-electron chi connectivity index (χ3n) is 3.00. The molecule has 0 aromatic carbocycles. The minimum atomic E-state index is -0.491. The highest BCUT2D eigenvalue weighted by Gasteiger charge is 2.29. The summed E-state index contributed by atoms with van der Waals surface area (Å²) in [4.78, 5) is 19.5. The summed E-state index contributed by atoms with van der Waals surface area (Å²) in [5.74, 6) is 1.28. The number of rotatable bonds is 7. The van der Waals surface area contributed by atoms with Crippen LogP contribution < -0.4 is 10.1 Å². The van der Waals surface area contributed by atoms with Gasteiger partial charge in [0.05, 0.1) is 11.5 Å². The lowest BCUT2D eigenvalue weighted by atomic mass is 9.96. The number of aromatic nitrogens is 2. The average molecular weight is 310 g/mol. The second-order valence-electron chi connectivity index (χ2n) is 6.60. The van der Waals surface area contributed by atoms with Crippen molar-refractivity contribution in [3.63, 3.8) is 0 Å². The van der Waals surface area contributed by atoms with Gasteiger partial charge < -0.3 is 10.1 Å². The van der Waals surface area contributed by atoms with Gasteiger partial charge in [-0.05, 0) is 19.3 Å². The summed E-state index contributed by atoms with van der Waals surface area (Å²) in [6.45, 7) is 12.8. The molecule has 0 radical (unpaired) electrons. The Bertz CT molecular complexity index is 524. The molecular formula is C15H26N4O3. The highest BCUT2D eigenvalue weighted by molar-refractivity contribution is 5.62. The van der Waals surface area contributed by atoms with Gasteiger partial charge in [-0.3, -0.25) is 10.1 Å². The van der Waals surface area contributed by atoms with Crippen LogP contribution in [0.1, 0.15) is 53.8 Å². The molecule has 0 aliphatic heterocycles. The van der Waals surface area contributed by atoms with Crippen molar-refractivity contribution in [2.24, 2.45) is 5.92 Å². The van der Waals surface area contributed by atoms with E-state index < -0.39 is 4.92 Å². The smallest absolute Gasteiger partial charge is 0.372 e. The lowest BCUT2D eigenvalue weighted by Gasteiger charge is -2.19. The van der Waals surface area contributed by atoms with Crippen LogP contribution >= 0.6 is 0 Å². The van der Waals surface area contributed by atoms with Crippen LogP contribution in [0.5, 0.6) is 5.88 Å². The summed E-state index contributed by atoms with van der Waals surface area (Å²) in [5.41, 5.74) is -0.520. The first kappa shape index (κ1) is 18.1. The van der Waals surface area contributed by atoms with Crippen LogP contribution in [0.4, 0.5) is 11.5 Å². The number of nitro groups is 1. The first-order valence-corrected chi connectivity index (χ1v) is 7.60. The maximum absolute atomic E-state index is 11.4. The normalized spacial score (nSPS) is 11.6. The highest BCUT2D eigenvalue weighted by Crippen LogP contribution is 2.34. The van der Waals surface area contributed by atoms with Gasteiger partial charge in [0.25, 0.3) is 5.88 Å². The van der Waals surface area contributed by atoms with Gasteiger partial charge in [-0.2, -0.15) is 4.98 Å². The lowest BCUT2D eigenvalue weighted by molar-refractivity contribution is -0.385. The predicted octanol–water partition coefficient (Wildman–Crippen LogP) is 3.54. The zero-order chi connectivity index (χ0) is 16.9. The van der Waals surface area contributed by atoms with Crippen LogP contribution in [-0.2, 0) is 5.41 Å². The van der Waals surface area contributed by atoms with E-state index in [1.165, 1.54) is 0 Å². The van der Waals surface area contributed by atoms with Gasteiger partial charge in [-0.25, -0.2) is 4.98 Å². The Balaban J connectivity index is 3.28. The number of anilines is 1. The van der Waals surface area contributed by atoms with Gasteiger partial charge in [-0.15, -0.1) is 0 Å². The molecule has 0 bridgehead atoms. The van der Waals surface area contributed by atoms with Gasteiger partial charge in [0.15, 0.2) is 0 Å². The SMILES string of the molecule is CCOc1nc(C(C)(C)C)nc(NCCC(C)C)c1[N+](=O)[O-]. The number of hydrogen-bond acceptors (Lipinski definition) is 6.